The maximum absolute atomic E-state index is 16.0. The van der Waals surface area contributed by atoms with Crippen LogP contribution in [-0.2, 0) is 16.4 Å². The number of nitrogens with zero attached hydrogens (tertiary/aromatic N) is 9. The summed E-state index contributed by atoms with van der Waals surface area (Å²) >= 11 is 6.95. The standard InChI is InChI=1S/C39H25N2PS.C38H24N3OP.C36H23N4P.H2O/c43-42(28-12-2-1-3-13-28,29-23-24-31-27(25-29)22-21-26-11-4-5-14-30(26)31)37-20-10-19-36-38(37)40-39-34-17-7-6-15-32(34)33-16-8-9-18-35(33)41(36)39;42-43(28-21-20-25-10-1-2-11-26(25)22-28,29-23-27-12-3-7-16-33(27)39-24-29)36-19-9-18-35-37(36)40-38-32-15-5-4-13-30(32)31-14-6-8-17-34(31)41(35)38;1-2-16-29-25(12-1)26-13-3-6-17-30(26)39-33-20-9-21-34(35(33)38-36(29)39)41(24-11-10-22-37-23-24)40-31-18-7-4-14-27(31)28-15-5-8-19-32(28)40;/h1-25H;1-24H;1-23H;1H2. The van der Waals surface area contributed by atoms with Gasteiger partial charge in [-0.25, -0.2) is 15.0 Å². The minimum absolute atomic E-state index is 0. The van der Waals surface area contributed by atoms with Gasteiger partial charge in [0.05, 0.1) is 68.8 Å². The molecule has 3 atom stereocenters. The SMILES string of the molecule is O.O=P(c1ccc2ccccc2c1)(c1cnc2ccccc2c1)c1cccc2c1nc1c3ccccc3c3ccccc3n21.S=P(c1ccccc1)(c1ccc2c(ccc3ccccc32)c1)c1cccc2c1nc1c3ccccc3c3ccccc3n21.c1cncc(P(c2cccc3c2nc2c4ccccc4c4ccccc4n32)n2c3ccccc3c3ccccc32)c1. The van der Waals surface area contributed by atoms with Crippen molar-refractivity contribution < 1.29 is 10.0 Å². The second-order valence-electron chi connectivity index (χ2n) is 32.5. The van der Waals surface area contributed by atoms with E-state index in [4.69, 9.17) is 31.7 Å². The van der Waals surface area contributed by atoms with Gasteiger partial charge in [-0.1, -0.05) is 339 Å². The number of aromatic nitrogens is 9. The summed E-state index contributed by atoms with van der Waals surface area (Å²) in [6.45, 7) is 0. The van der Waals surface area contributed by atoms with Gasteiger partial charge in [-0.3, -0.25) is 23.2 Å². The first-order chi connectivity index (χ1) is 62.8. The van der Waals surface area contributed by atoms with Gasteiger partial charge in [-0.15, -0.1) is 0 Å². The second kappa shape index (κ2) is 30.6. The average molecular weight is 1710 g/mol. The third kappa shape index (κ3) is 11.8. The van der Waals surface area contributed by atoms with Crippen LogP contribution < -0.4 is 42.4 Å². The van der Waals surface area contributed by atoms with Crippen LogP contribution in [0.2, 0.25) is 0 Å². The van der Waals surface area contributed by atoms with Crippen molar-refractivity contribution in [3.63, 3.8) is 0 Å². The van der Waals surface area contributed by atoms with E-state index in [1.165, 1.54) is 91.6 Å². The maximum Gasteiger partial charge on any atom is 0.174 e. The van der Waals surface area contributed by atoms with Crippen LogP contribution in [0.25, 0.3) is 180 Å². The van der Waals surface area contributed by atoms with Gasteiger partial charge in [0.15, 0.2) is 7.14 Å². The number of benzene rings is 18. The minimum atomic E-state index is -3.45. The molecule has 0 aliphatic carbocycles. The first-order valence-electron chi connectivity index (χ1n) is 42.6. The Hall–Kier alpha value is -15.2. The van der Waals surface area contributed by atoms with Crippen LogP contribution in [-0.4, -0.2) is 47.9 Å². The van der Waals surface area contributed by atoms with Crippen molar-refractivity contribution in [2.45, 2.75) is 0 Å². The minimum Gasteiger partial charge on any atom is -0.412 e. The van der Waals surface area contributed by atoms with Crippen molar-refractivity contribution in [3.8, 4) is 0 Å². The molecule has 604 valence electrons. The number of fused-ring (bicyclic) bond motifs is 32. The summed E-state index contributed by atoms with van der Waals surface area (Å²) in [5, 5.41) is 29.3. The second-order valence-corrected chi connectivity index (χ2v) is 41.6. The molecule has 0 bridgehead atoms. The summed E-state index contributed by atoms with van der Waals surface area (Å²) in [5.74, 6) is 0. The lowest BCUT2D eigenvalue weighted by Gasteiger charge is -2.25. The molecule has 0 spiro atoms. The number of rotatable bonds is 9. The quantitative estimate of drug-likeness (QED) is 0.104. The van der Waals surface area contributed by atoms with Gasteiger partial charge in [0.1, 0.15) is 22.5 Å². The van der Waals surface area contributed by atoms with E-state index in [0.717, 1.165) is 120 Å². The molecule has 0 saturated carbocycles. The zero-order valence-electron chi connectivity index (χ0n) is 68.8. The van der Waals surface area contributed by atoms with Crippen molar-refractivity contribution in [1.29, 1.82) is 0 Å². The summed E-state index contributed by atoms with van der Waals surface area (Å²) in [6, 6.07) is 145. The molecule has 27 aromatic rings. The number of hydrogen-bond donors (Lipinski definition) is 0. The van der Waals surface area contributed by atoms with E-state index in [2.05, 4.69) is 374 Å². The Morgan fingerprint density at radius 2 is 0.664 bits per heavy atom. The molecule has 3 unspecified atom stereocenters. The highest BCUT2D eigenvalue weighted by Gasteiger charge is 2.36. The molecule has 15 heteroatoms. The fraction of sp³-hybridized carbons (Fsp3) is 0. The molecule has 2 N–H and O–H groups in total. The lowest BCUT2D eigenvalue weighted by atomic mass is 10.0. The smallest absolute Gasteiger partial charge is 0.174 e. The van der Waals surface area contributed by atoms with Gasteiger partial charge in [0, 0.05) is 105 Å². The van der Waals surface area contributed by atoms with E-state index in [1.807, 2.05) is 79.1 Å². The number of para-hydroxylation sites is 9. The molecule has 9 heterocycles. The Morgan fingerprint density at radius 3 is 1.23 bits per heavy atom. The number of pyridine rings is 5. The normalized spacial score (nSPS) is 13.1. The lowest BCUT2D eigenvalue weighted by Crippen LogP contribution is -2.26. The highest BCUT2D eigenvalue weighted by molar-refractivity contribution is 8.25. The third-order valence-corrected chi connectivity index (χ3v) is 35.9. The number of imidazole rings is 3. The van der Waals surface area contributed by atoms with Gasteiger partial charge >= 0.3 is 0 Å². The molecule has 0 radical (unpaired) electrons. The summed E-state index contributed by atoms with van der Waals surface area (Å²) in [5.41, 5.74) is 15.4. The van der Waals surface area contributed by atoms with Crippen LogP contribution in [0, 0.1) is 0 Å². The van der Waals surface area contributed by atoms with Crippen molar-refractivity contribution >= 4 is 256 Å². The molecule has 0 aliphatic heterocycles. The first kappa shape index (κ1) is 76.4. The van der Waals surface area contributed by atoms with Crippen LogP contribution in [0.3, 0.4) is 0 Å². The molecule has 0 aliphatic rings. The fourth-order valence-corrected chi connectivity index (χ4v) is 29.1. The summed E-state index contributed by atoms with van der Waals surface area (Å²) in [7, 11) is -4.50. The molecule has 128 heavy (non-hydrogen) atoms. The van der Waals surface area contributed by atoms with Crippen molar-refractivity contribution in [1.82, 2.24) is 42.5 Å². The lowest BCUT2D eigenvalue weighted by molar-refractivity contribution is 0.592. The fourth-order valence-electron chi connectivity index (χ4n) is 19.9. The van der Waals surface area contributed by atoms with Crippen LogP contribution in [0.5, 0.6) is 0 Å². The molecule has 0 amide bonds. The molecule has 0 fully saturated rings. The topological polar surface area (TPSA) is 131 Å². The molecular weight excluding hydrogens is 1640 g/mol. The van der Waals surface area contributed by atoms with Crippen LogP contribution >= 0.6 is 21.3 Å². The van der Waals surface area contributed by atoms with Crippen molar-refractivity contribution in [2.75, 3.05) is 0 Å². The van der Waals surface area contributed by atoms with Gasteiger partial charge in [0.25, 0.3) is 0 Å². The number of hydrogen-bond acceptors (Lipinski definition) is 7. The molecule has 27 rings (SSSR count). The van der Waals surface area contributed by atoms with Crippen LogP contribution in [0.1, 0.15) is 0 Å². The molecule has 18 aromatic carbocycles. The molecule has 11 nitrogen and oxygen atoms in total. The molecule has 9 aromatic heterocycles. The van der Waals surface area contributed by atoms with E-state index in [9.17, 15) is 0 Å². The van der Waals surface area contributed by atoms with E-state index >= 15 is 4.57 Å². The van der Waals surface area contributed by atoms with E-state index in [1.54, 1.807) is 6.20 Å². The predicted molar refractivity (Wildman–Crippen MR) is 545 cm³/mol. The van der Waals surface area contributed by atoms with Gasteiger partial charge in [0.2, 0.25) is 0 Å². The van der Waals surface area contributed by atoms with Crippen molar-refractivity contribution in [3.05, 3.63) is 437 Å². The average Bonchev–Trinajstić information content (AvgIpc) is 1.58. The highest BCUT2D eigenvalue weighted by atomic mass is 32.4. The third-order valence-electron chi connectivity index (χ3n) is 25.6. The molecule has 0 saturated heterocycles. The molecular formula is C113H74N9O2P3S. The Labute approximate surface area is 739 Å². The van der Waals surface area contributed by atoms with Gasteiger partial charge in [-0.2, -0.15) is 0 Å². The van der Waals surface area contributed by atoms with Gasteiger partial charge < -0.3 is 14.4 Å². The Morgan fingerprint density at radius 1 is 0.266 bits per heavy atom. The summed E-state index contributed by atoms with van der Waals surface area (Å²) in [4.78, 5) is 25.5. The Balaban J connectivity index is 0.000000106. The van der Waals surface area contributed by atoms with E-state index in [0.29, 0.717) is 10.6 Å². The van der Waals surface area contributed by atoms with Crippen LogP contribution in [0.4, 0.5) is 0 Å². The van der Waals surface area contributed by atoms with E-state index in [-0.39, 0.29) is 5.48 Å². The van der Waals surface area contributed by atoms with Crippen LogP contribution in [0.15, 0.2) is 437 Å². The first-order valence-corrected chi connectivity index (χ1v) is 48.4. The largest absolute Gasteiger partial charge is 0.412 e. The predicted octanol–water partition coefficient (Wildman–Crippen LogP) is 24.4. The summed E-state index contributed by atoms with van der Waals surface area (Å²) in [6.07, 6.45) is 5.67. The zero-order valence-corrected chi connectivity index (χ0v) is 72.3. The van der Waals surface area contributed by atoms with Gasteiger partial charge in [-0.05, 0) is 150 Å². The van der Waals surface area contributed by atoms with E-state index < -0.39 is 21.3 Å². The Kier molecular flexibility index (Phi) is 18.3. The maximum atomic E-state index is 16.0. The Bertz CT molecular complexity index is 9240. The highest BCUT2D eigenvalue weighted by Crippen LogP contribution is 2.51. The summed E-state index contributed by atoms with van der Waals surface area (Å²) < 4.78 is 25.5. The van der Waals surface area contributed by atoms with Crippen molar-refractivity contribution in [2.24, 2.45) is 0 Å². The zero-order chi connectivity index (χ0) is 84.0. The monoisotopic (exact) mass is 1710 g/mol.